The molecule has 0 radical (unpaired) electrons. The second kappa shape index (κ2) is 10.1. The zero-order chi connectivity index (χ0) is 21.3. The zero-order valence-corrected chi connectivity index (χ0v) is 16.9. The van der Waals surface area contributed by atoms with E-state index in [0.717, 1.165) is 11.1 Å². The first-order valence-corrected chi connectivity index (χ1v) is 9.41. The van der Waals surface area contributed by atoms with Crippen molar-refractivity contribution in [2.24, 2.45) is 0 Å². The van der Waals surface area contributed by atoms with Gasteiger partial charge in [-0.25, -0.2) is 4.79 Å². The van der Waals surface area contributed by atoms with Crippen LogP contribution in [0.3, 0.4) is 0 Å². The Balaban J connectivity index is 1.64. The quantitative estimate of drug-likeness (QED) is 0.572. The van der Waals surface area contributed by atoms with E-state index in [1.807, 2.05) is 54.6 Å². The van der Waals surface area contributed by atoms with Crippen LogP contribution < -0.4 is 14.8 Å². The number of anilines is 1. The van der Waals surface area contributed by atoms with Gasteiger partial charge in [0, 0.05) is 5.69 Å². The fourth-order valence-corrected chi connectivity index (χ4v) is 2.98. The largest absolute Gasteiger partial charge is 0.497 e. The third-order valence-electron chi connectivity index (χ3n) is 4.49. The predicted octanol–water partition coefficient (Wildman–Crippen LogP) is 4.09. The van der Waals surface area contributed by atoms with Crippen molar-refractivity contribution >= 4 is 17.6 Å². The lowest BCUT2D eigenvalue weighted by molar-refractivity contribution is -0.119. The van der Waals surface area contributed by atoms with Gasteiger partial charge in [-0.2, -0.15) is 0 Å². The molecule has 0 fully saturated rings. The number of esters is 1. The highest BCUT2D eigenvalue weighted by atomic mass is 16.5. The van der Waals surface area contributed by atoms with Gasteiger partial charge in [-0.05, 0) is 41.8 Å². The van der Waals surface area contributed by atoms with Crippen LogP contribution in [0.4, 0.5) is 5.69 Å². The molecule has 154 valence electrons. The number of benzene rings is 3. The maximum atomic E-state index is 12.4. The molecule has 0 saturated carbocycles. The summed E-state index contributed by atoms with van der Waals surface area (Å²) in [5, 5.41) is 2.82. The lowest BCUT2D eigenvalue weighted by Gasteiger charge is -2.12. The molecule has 0 heterocycles. The minimum Gasteiger partial charge on any atom is -0.497 e. The normalized spacial score (nSPS) is 10.2. The fourth-order valence-electron chi connectivity index (χ4n) is 2.98. The Bertz CT molecular complexity index is 1020. The topological polar surface area (TPSA) is 73.9 Å². The summed E-state index contributed by atoms with van der Waals surface area (Å²) in [5.41, 5.74) is 2.98. The van der Waals surface area contributed by atoms with E-state index >= 15 is 0 Å². The molecule has 0 aliphatic carbocycles. The van der Waals surface area contributed by atoms with Gasteiger partial charge in [-0.15, -0.1) is 0 Å². The second-order valence-electron chi connectivity index (χ2n) is 6.51. The van der Waals surface area contributed by atoms with Crippen LogP contribution in [0.15, 0.2) is 72.8 Å². The SMILES string of the molecule is COc1ccc(OC)c(C(=O)OCC(=O)Nc2ccccc2Cc2ccccc2)c1. The summed E-state index contributed by atoms with van der Waals surface area (Å²) in [6, 6.07) is 22.3. The van der Waals surface area contributed by atoms with Gasteiger partial charge in [0.05, 0.1) is 14.2 Å². The molecule has 6 heteroatoms. The monoisotopic (exact) mass is 405 g/mol. The molecule has 30 heavy (non-hydrogen) atoms. The van der Waals surface area contributed by atoms with E-state index in [-0.39, 0.29) is 5.56 Å². The summed E-state index contributed by atoms with van der Waals surface area (Å²) in [4.78, 5) is 24.8. The Kier molecular flexibility index (Phi) is 7.05. The molecule has 0 saturated heterocycles. The van der Waals surface area contributed by atoms with Gasteiger partial charge >= 0.3 is 5.97 Å². The number of hydrogen-bond acceptors (Lipinski definition) is 5. The first-order chi connectivity index (χ1) is 14.6. The summed E-state index contributed by atoms with van der Waals surface area (Å²) >= 11 is 0. The van der Waals surface area contributed by atoms with Crippen molar-refractivity contribution in [1.82, 2.24) is 0 Å². The number of para-hydroxylation sites is 1. The number of carbonyl (C=O) groups is 2. The molecular formula is C24H23NO5. The summed E-state index contributed by atoms with van der Waals surface area (Å²) in [7, 11) is 2.95. The summed E-state index contributed by atoms with van der Waals surface area (Å²) < 4.78 is 15.5. The van der Waals surface area contributed by atoms with E-state index in [0.29, 0.717) is 23.6 Å². The van der Waals surface area contributed by atoms with Crippen LogP contribution in [-0.2, 0) is 16.0 Å². The number of amides is 1. The van der Waals surface area contributed by atoms with Gasteiger partial charge in [0.1, 0.15) is 17.1 Å². The number of methoxy groups -OCH3 is 2. The van der Waals surface area contributed by atoms with Crippen molar-refractivity contribution in [2.75, 3.05) is 26.1 Å². The minimum absolute atomic E-state index is 0.189. The van der Waals surface area contributed by atoms with Crippen LogP contribution in [-0.4, -0.2) is 32.7 Å². The van der Waals surface area contributed by atoms with Crippen LogP contribution in [0.1, 0.15) is 21.5 Å². The first-order valence-electron chi connectivity index (χ1n) is 9.41. The van der Waals surface area contributed by atoms with Crippen molar-refractivity contribution in [2.45, 2.75) is 6.42 Å². The summed E-state index contributed by atoms with van der Waals surface area (Å²) in [6.45, 7) is -0.418. The molecule has 3 aromatic rings. The van der Waals surface area contributed by atoms with Crippen LogP contribution in [0.2, 0.25) is 0 Å². The fraction of sp³-hybridized carbons (Fsp3) is 0.167. The van der Waals surface area contributed by atoms with E-state index in [4.69, 9.17) is 14.2 Å². The molecule has 0 spiro atoms. The third kappa shape index (κ3) is 5.38. The van der Waals surface area contributed by atoms with Gasteiger partial charge in [0.2, 0.25) is 0 Å². The third-order valence-corrected chi connectivity index (χ3v) is 4.49. The van der Waals surface area contributed by atoms with E-state index in [1.54, 1.807) is 12.1 Å². The number of ether oxygens (including phenoxy) is 3. The number of hydrogen-bond donors (Lipinski definition) is 1. The number of carbonyl (C=O) groups excluding carboxylic acids is 2. The Hall–Kier alpha value is -3.80. The van der Waals surface area contributed by atoms with Gasteiger partial charge in [0.25, 0.3) is 5.91 Å². The van der Waals surface area contributed by atoms with Crippen LogP contribution in [0.25, 0.3) is 0 Å². The molecule has 6 nitrogen and oxygen atoms in total. The highest BCUT2D eigenvalue weighted by Gasteiger charge is 2.17. The van der Waals surface area contributed by atoms with Crippen molar-refractivity contribution < 1.29 is 23.8 Å². The van der Waals surface area contributed by atoms with Crippen LogP contribution in [0, 0.1) is 0 Å². The Morgan fingerprint density at radius 1 is 0.867 bits per heavy atom. The lowest BCUT2D eigenvalue weighted by atomic mass is 10.0. The van der Waals surface area contributed by atoms with E-state index < -0.39 is 18.5 Å². The Morgan fingerprint density at radius 3 is 2.33 bits per heavy atom. The number of rotatable bonds is 8. The van der Waals surface area contributed by atoms with Crippen molar-refractivity contribution in [1.29, 1.82) is 0 Å². The van der Waals surface area contributed by atoms with Crippen molar-refractivity contribution in [3.63, 3.8) is 0 Å². The van der Waals surface area contributed by atoms with E-state index in [1.165, 1.54) is 20.3 Å². The summed E-state index contributed by atoms with van der Waals surface area (Å²) in [5.74, 6) is -0.263. The minimum atomic E-state index is -0.668. The van der Waals surface area contributed by atoms with Gasteiger partial charge in [-0.1, -0.05) is 48.5 Å². The second-order valence-corrected chi connectivity index (χ2v) is 6.51. The Morgan fingerprint density at radius 2 is 1.60 bits per heavy atom. The molecule has 3 aromatic carbocycles. The van der Waals surface area contributed by atoms with E-state index in [2.05, 4.69) is 5.32 Å². The summed E-state index contributed by atoms with van der Waals surface area (Å²) in [6.07, 6.45) is 0.679. The maximum Gasteiger partial charge on any atom is 0.342 e. The average molecular weight is 405 g/mol. The van der Waals surface area contributed by atoms with E-state index in [9.17, 15) is 9.59 Å². The molecule has 3 rings (SSSR count). The predicted molar refractivity (Wildman–Crippen MR) is 114 cm³/mol. The van der Waals surface area contributed by atoms with Crippen LogP contribution in [0.5, 0.6) is 11.5 Å². The zero-order valence-electron chi connectivity index (χ0n) is 16.9. The molecule has 0 aliphatic heterocycles. The first kappa shape index (κ1) is 20.9. The molecule has 1 amide bonds. The van der Waals surface area contributed by atoms with Crippen LogP contribution >= 0.6 is 0 Å². The smallest absolute Gasteiger partial charge is 0.342 e. The van der Waals surface area contributed by atoms with Gasteiger partial charge in [0.15, 0.2) is 6.61 Å². The molecule has 0 aromatic heterocycles. The molecule has 0 atom stereocenters. The molecule has 0 bridgehead atoms. The molecule has 1 N–H and O–H groups in total. The highest BCUT2D eigenvalue weighted by molar-refractivity contribution is 5.97. The van der Waals surface area contributed by atoms with Crippen molar-refractivity contribution in [3.05, 3.63) is 89.5 Å². The van der Waals surface area contributed by atoms with Gasteiger partial charge < -0.3 is 19.5 Å². The number of nitrogens with one attached hydrogen (secondary N) is 1. The highest BCUT2D eigenvalue weighted by Crippen LogP contribution is 2.25. The van der Waals surface area contributed by atoms with Gasteiger partial charge in [-0.3, -0.25) is 4.79 Å². The molecule has 0 aliphatic rings. The lowest BCUT2D eigenvalue weighted by Crippen LogP contribution is -2.21. The molecule has 0 unspecified atom stereocenters. The standard InChI is InChI=1S/C24H23NO5/c1-28-19-12-13-22(29-2)20(15-19)24(27)30-16-23(26)25-21-11-7-6-10-18(21)14-17-8-4-3-5-9-17/h3-13,15H,14,16H2,1-2H3,(H,25,26). The maximum absolute atomic E-state index is 12.4. The molecular weight excluding hydrogens is 382 g/mol. The van der Waals surface area contributed by atoms with Crippen molar-refractivity contribution in [3.8, 4) is 11.5 Å². The Labute approximate surface area is 175 Å². The average Bonchev–Trinajstić information content (AvgIpc) is 2.79.